The van der Waals surface area contributed by atoms with Crippen LogP contribution in [0.4, 0.5) is 8.78 Å². The van der Waals surface area contributed by atoms with Crippen molar-refractivity contribution in [2.45, 2.75) is 7.43 Å². The van der Waals surface area contributed by atoms with Crippen LogP contribution in [0.15, 0.2) is 66.7 Å². The van der Waals surface area contributed by atoms with Crippen LogP contribution in [-0.2, 0) is 0 Å². The molecule has 0 saturated carbocycles. The highest BCUT2D eigenvalue weighted by atomic mass is 35.5. The molecule has 0 unspecified atom stereocenters. The molecule has 22 heavy (non-hydrogen) atoms. The second-order valence-corrected chi connectivity index (χ2v) is 5.06. The van der Waals surface area contributed by atoms with E-state index in [9.17, 15) is 8.78 Å². The molecule has 0 radical (unpaired) electrons. The van der Waals surface area contributed by atoms with Crippen LogP contribution >= 0.6 is 11.6 Å². The summed E-state index contributed by atoms with van der Waals surface area (Å²) in [7, 11) is 0. The van der Waals surface area contributed by atoms with Crippen molar-refractivity contribution >= 4 is 11.6 Å². The summed E-state index contributed by atoms with van der Waals surface area (Å²) < 4.78 is 27.2. The topological polar surface area (TPSA) is 0 Å². The van der Waals surface area contributed by atoms with E-state index in [2.05, 4.69) is 0 Å². The van der Waals surface area contributed by atoms with Crippen molar-refractivity contribution in [2.24, 2.45) is 0 Å². The third-order valence-corrected chi connectivity index (χ3v) is 3.63. The molecule has 0 aliphatic carbocycles. The van der Waals surface area contributed by atoms with Crippen LogP contribution in [0.25, 0.3) is 22.3 Å². The van der Waals surface area contributed by atoms with E-state index in [0.29, 0.717) is 21.7 Å². The molecule has 0 aliphatic heterocycles. The van der Waals surface area contributed by atoms with Crippen molar-refractivity contribution in [2.75, 3.05) is 0 Å². The highest BCUT2D eigenvalue weighted by Crippen LogP contribution is 2.38. The summed E-state index contributed by atoms with van der Waals surface area (Å²) in [6.45, 7) is 0. The van der Waals surface area contributed by atoms with Gasteiger partial charge >= 0.3 is 0 Å². The zero-order chi connectivity index (χ0) is 14.8. The summed E-state index contributed by atoms with van der Waals surface area (Å²) in [5, 5.41) is 0.502. The van der Waals surface area contributed by atoms with Crippen LogP contribution < -0.4 is 0 Å². The van der Waals surface area contributed by atoms with Gasteiger partial charge in [-0.05, 0) is 35.4 Å². The normalized spacial score (nSPS) is 10.1. The molecule has 0 aromatic heterocycles. The standard InChI is InChI=1S/C18H11ClF2.CH4/c19-16-6-3-5-15(14-4-1-2-7-17(14)21)18(16)12-8-10-13(20)11-9-12;/h1-11H;1H4. The SMILES string of the molecule is C.Fc1ccc(-c2c(Cl)cccc2-c2ccccc2F)cc1. The largest absolute Gasteiger partial charge is 0.207 e. The van der Waals surface area contributed by atoms with Gasteiger partial charge in [0.15, 0.2) is 0 Å². The van der Waals surface area contributed by atoms with E-state index in [1.54, 1.807) is 42.5 Å². The number of halogens is 3. The molecule has 112 valence electrons. The van der Waals surface area contributed by atoms with Crippen molar-refractivity contribution in [3.8, 4) is 22.3 Å². The second kappa shape index (κ2) is 6.71. The van der Waals surface area contributed by atoms with E-state index in [0.717, 1.165) is 5.56 Å². The molecule has 0 atom stereocenters. The Morgan fingerprint density at radius 1 is 0.682 bits per heavy atom. The lowest BCUT2D eigenvalue weighted by Crippen LogP contribution is -1.90. The fourth-order valence-corrected chi connectivity index (χ4v) is 2.62. The molecule has 0 aliphatic rings. The average Bonchev–Trinajstić information content (AvgIpc) is 2.49. The summed E-state index contributed by atoms with van der Waals surface area (Å²) in [6.07, 6.45) is 0. The molecular formula is C19H15ClF2. The highest BCUT2D eigenvalue weighted by Gasteiger charge is 2.13. The van der Waals surface area contributed by atoms with Crippen molar-refractivity contribution in [3.05, 3.63) is 83.4 Å². The van der Waals surface area contributed by atoms with Crippen molar-refractivity contribution < 1.29 is 8.78 Å². The predicted molar refractivity (Wildman–Crippen MR) is 89.0 cm³/mol. The Hall–Kier alpha value is -2.19. The summed E-state index contributed by atoms with van der Waals surface area (Å²) in [5.41, 5.74) is 2.61. The molecule has 3 aromatic carbocycles. The maximum absolute atomic E-state index is 14.1. The van der Waals surface area contributed by atoms with Gasteiger partial charge in [0.2, 0.25) is 0 Å². The zero-order valence-corrected chi connectivity index (χ0v) is 11.7. The zero-order valence-electron chi connectivity index (χ0n) is 11.0. The van der Waals surface area contributed by atoms with Gasteiger partial charge in [0.05, 0.1) is 0 Å². The Kier molecular flexibility index (Phi) is 4.94. The van der Waals surface area contributed by atoms with E-state index < -0.39 is 0 Å². The summed E-state index contributed by atoms with van der Waals surface area (Å²) in [6, 6.07) is 17.9. The van der Waals surface area contributed by atoms with Crippen LogP contribution in [0.5, 0.6) is 0 Å². The van der Waals surface area contributed by atoms with Crippen LogP contribution in [0.3, 0.4) is 0 Å². The Morgan fingerprint density at radius 3 is 2.00 bits per heavy atom. The molecule has 0 nitrogen and oxygen atoms in total. The Bertz CT molecular complexity index is 780. The smallest absolute Gasteiger partial charge is 0.131 e. The van der Waals surface area contributed by atoms with Gasteiger partial charge in [-0.15, -0.1) is 0 Å². The van der Waals surface area contributed by atoms with Gasteiger partial charge in [0.25, 0.3) is 0 Å². The average molecular weight is 317 g/mol. The van der Waals surface area contributed by atoms with E-state index >= 15 is 0 Å². The minimum Gasteiger partial charge on any atom is -0.207 e. The van der Waals surface area contributed by atoms with Crippen molar-refractivity contribution in [1.82, 2.24) is 0 Å². The minimum atomic E-state index is -0.321. The first-order valence-electron chi connectivity index (χ1n) is 6.46. The lowest BCUT2D eigenvalue weighted by Gasteiger charge is -2.13. The van der Waals surface area contributed by atoms with Gasteiger partial charge in [-0.1, -0.05) is 61.5 Å². The summed E-state index contributed by atoms with van der Waals surface area (Å²) >= 11 is 6.29. The molecule has 0 heterocycles. The highest BCUT2D eigenvalue weighted by molar-refractivity contribution is 6.34. The first-order valence-corrected chi connectivity index (χ1v) is 6.84. The quantitative estimate of drug-likeness (QED) is 0.500. The maximum atomic E-state index is 14.1. The molecule has 3 rings (SSSR count). The van der Waals surface area contributed by atoms with E-state index in [1.165, 1.54) is 18.2 Å². The third-order valence-electron chi connectivity index (χ3n) is 3.31. The molecule has 0 amide bonds. The summed E-state index contributed by atoms with van der Waals surface area (Å²) in [4.78, 5) is 0. The maximum Gasteiger partial charge on any atom is 0.131 e. The Balaban J connectivity index is 0.00000176. The molecule has 0 fully saturated rings. The molecular weight excluding hydrogens is 302 g/mol. The van der Waals surface area contributed by atoms with Crippen LogP contribution in [0.2, 0.25) is 5.02 Å². The van der Waals surface area contributed by atoms with Crippen molar-refractivity contribution in [1.29, 1.82) is 0 Å². The molecule has 0 bridgehead atoms. The second-order valence-electron chi connectivity index (χ2n) is 4.65. The van der Waals surface area contributed by atoms with Gasteiger partial charge in [-0.2, -0.15) is 0 Å². The first-order chi connectivity index (χ1) is 10.2. The van der Waals surface area contributed by atoms with E-state index in [1.807, 2.05) is 6.07 Å². The van der Waals surface area contributed by atoms with Crippen LogP contribution in [0.1, 0.15) is 7.43 Å². The third kappa shape index (κ3) is 3.02. The molecule has 0 N–H and O–H groups in total. The Morgan fingerprint density at radius 2 is 1.32 bits per heavy atom. The molecule has 0 saturated heterocycles. The van der Waals surface area contributed by atoms with Gasteiger partial charge in [-0.25, -0.2) is 8.78 Å². The lowest BCUT2D eigenvalue weighted by atomic mass is 9.94. The number of hydrogen-bond acceptors (Lipinski definition) is 0. The van der Waals surface area contributed by atoms with Gasteiger partial charge < -0.3 is 0 Å². The van der Waals surface area contributed by atoms with Gasteiger partial charge in [0, 0.05) is 16.1 Å². The lowest BCUT2D eigenvalue weighted by molar-refractivity contribution is 0.628. The van der Waals surface area contributed by atoms with Crippen molar-refractivity contribution in [3.63, 3.8) is 0 Å². The predicted octanol–water partition coefficient (Wildman–Crippen LogP) is 6.59. The van der Waals surface area contributed by atoms with Gasteiger partial charge in [-0.3, -0.25) is 0 Å². The molecule has 0 spiro atoms. The fraction of sp³-hybridized carbons (Fsp3) is 0.0526. The number of benzene rings is 3. The number of rotatable bonds is 2. The van der Waals surface area contributed by atoms with Crippen LogP contribution in [-0.4, -0.2) is 0 Å². The van der Waals surface area contributed by atoms with E-state index in [-0.39, 0.29) is 19.1 Å². The molecule has 3 heteroatoms. The fourth-order valence-electron chi connectivity index (χ4n) is 2.34. The molecule has 3 aromatic rings. The van der Waals surface area contributed by atoms with E-state index in [4.69, 9.17) is 11.6 Å². The minimum absolute atomic E-state index is 0. The first kappa shape index (κ1) is 16.2. The Labute approximate surface area is 134 Å². The monoisotopic (exact) mass is 316 g/mol. The van der Waals surface area contributed by atoms with Crippen LogP contribution in [0, 0.1) is 11.6 Å². The number of hydrogen-bond donors (Lipinski definition) is 0. The van der Waals surface area contributed by atoms with Gasteiger partial charge in [0.1, 0.15) is 11.6 Å². The summed E-state index contributed by atoms with van der Waals surface area (Å²) in [5.74, 6) is -0.638.